The number of aryl methyl sites for hydroxylation is 1. The number of thiazole rings is 1. The first kappa shape index (κ1) is 19.9. The Hall–Kier alpha value is -2.90. The Morgan fingerprint density at radius 3 is 2.64 bits per heavy atom. The summed E-state index contributed by atoms with van der Waals surface area (Å²) in [4.78, 5) is 28.2. The number of ether oxygens (including phenoxy) is 1. The van der Waals surface area contributed by atoms with Gasteiger partial charge in [-0.05, 0) is 37.3 Å². The molecule has 0 aliphatic heterocycles. The van der Waals surface area contributed by atoms with Crippen molar-refractivity contribution in [1.29, 1.82) is 0 Å². The van der Waals surface area contributed by atoms with E-state index in [4.69, 9.17) is 16.3 Å². The molecule has 3 aromatic rings. The van der Waals surface area contributed by atoms with Crippen LogP contribution in [0.15, 0.2) is 47.8 Å². The van der Waals surface area contributed by atoms with Crippen LogP contribution in [-0.4, -0.2) is 16.8 Å². The molecular weight excluding hydrogens is 398 g/mol. The molecule has 1 heterocycles. The number of para-hydroxylation sites is 1. The second-order valence-corrected chi connectivity index (χ2v) is 7.44. The molecule has 6 nitrogen and oxygen atoms in total. The van der Waals surface area contributed by atoms with Crippen molar-refractivity contribution in [1.82, 2.24) is 4.98 Å². The summed E-state index contributed by atoms with van der Waals surface area (Å²) < 4.78 is 5.79. The standard InChI is InChI=1S/C20H18ClN3O3S/c1-12(25)22-18-8-7-14(9-17(18)21)24-20(26)16-5-3-4-6-19(16)27-10-15-11-28-13(2)23-15/h3-9,11H,10H2,1-2H3,(H,22,25)(H,24,26). The highest BCUT2D eigenvalue weighted by molar-refractivity contribution is 7.09. The number of benzene rings is 2. The van der Waals surface area contributed by atoms with Gasteiger partial charge in [-0.15, -0.1) is 11.3 Å². The molecule has 0 fully saturated rings. The fourth-order valence-electron chi connectivity index (χ4n) is 2.49. The topological polar surface area (TPSA) is 80.3 Å². The molecule has 144 valence electrons. The molecule has 0 aliphatic rings. The van der Waals surface area contributed by atoms with Crippen LogP contribution in [0.2, 0.25) is 5.02 Å². The summed E-state index contributed by atoms with van der Waals surface area (Å²) in [6, 6.07) is 11.9. The fraction of sp³-hybridized carbons (Fsp3) is 0.150. The minimum atomic E-state index is -0.326. The number of carbonyl (C=O) groups is 2. The average molecular weight is 416 g/mol. The van der Waals surface area contributed by atoms with Crippen molar-refractivity contribution in [3.8, 4) is 5.75 Å². The van der Waals surface area contributed by atoms with Crippen LogP contribution in [-0.2, 0) is 11.4 Å². The van der Waals surface area contributed by atoms with Gasteiger partial charge in [0.1, 0.15) is 12.4 Å². The lowest BCUT2D eigenvalue weighted by Gasteiger charge is -2.12. The highest BCUT2D eigenvalue weighted by Crippen LogP contribution is 2.27. The molecule has 0 atom stereocenters. The molecule has 8 heteroatoms. The van der Waals surface area contributed by atoms with E-state index in [-0.39, 0.29) is 18.4 Å². The minimum Gasteiger partial charge on any atom is -0.486 e. The van der Waals surface area contributed by atoms with E-state index in [1.165, 1.54) is 6.92 Å². The van der Waals surface area contributed by atoms with Crippen LogP contribution in [0.1, 0.15) is 28.0 Å². The van der Waals surface area contributed by atoms with Gasteiger partial charge in [-0.1, -0.05) is 23.7 Å². The van der Waals surface area contributed by atoms with E-state index < -0.39 is 0 Å². The highest BCUT2D eigenvalue weighted by atomic mass is 35.5. The van der Waals surface area contributed by atoms with Gasteiger partial charge in [-0.2, -0.15) is 0 Å². The third-order valence-corrected chi connectivity index (χ3v) is 4.85. The predicted molar refractivity (Wildman–Crippen MR) is 111 cm³/mol. The van der Waals surface area contributed by atoms with Crippen molar-refractivity contribution in [2.45, 2.75) is 20.5 Å². The third-order valence-electron chi connectivity index (χ3n) is 3.71. The van der Waals surface area contributed by atoms with Gasteiger partial charge in [-0.25, -0.2) is 4.98 Å². The minimum absolute atomic E-state index is 0.222. The van der Waals surface area contributed by atoms with E-state index in [2.05, 4.69) is 15.6 Å². The highest BCUT2D eigenvalue weighted by Gasteiger charge is 2.14. The van der Waals surface area contributed by atoms with E-state index >= 15 is 0 Å². The molecule has 2 N–H and O–H groups in total. The molecule has 1 aromatic heterocycles. The van der Waals surface area contributed by atoms with Gasteiger partial charge >= 0.3 is 0 Å². The van der Waals surface area contributed by atoms with Crippen molar-refractivity contribution >= 4 is 46.1 Å². The maximum Gasteiger partial charge on any atom is 0.259 e. The molecule has 2 aromatic carbocycles. The van der Waals surface area contributed by atoms with E-state index in [9.17, 15) is 9.59 Å². The molecule has 28 heavy (non-hydrogen) atoms. The van der Waals surface area contributed by atoms with Gasteiger partial charge in [0.15, 0.2) is 0 Å². The van der Waals surface area contributed by atoms with Gasteiger partial charge in [0, 0.05) is 18.0 Å². The molecule has 0 bridgehead atoms. The average Bonchev–Trinajstić information content (AvgIpc) is 3.07. The van der Waals surface area contributed by atoms with Gasteiger partial charge in [0.25, 0.3) is 5.91 Å². The largest absolute Gasteiger partial charge is 0.486 e. The van der Waals surface area contributed by atoms with Crippen LogP contribution in [0, 0.1) is 6.92 Å². The Morgan fingerprint density at radius 1 is 1.18 bits per heavy atom. The number of hydrogen-bond donors (Lipinski definition) is 2. The lowest BCUT2D eigenvalue weighted by Crippen LogP contribution is -2.14. The second-order valence-electron chi connectivity index (χ2n) is 5.97. The Kier molecular flexibility index (Phi) is 6.28. The van der Waals surface area contributed by atoms with Crippen molar-refractivity contribution < 1.29 is 14.3 Å². The Bertz CT molecular complexity index is 1020. The molecule has 0 unspecified atom stereocenters. The number of nitrogens with zero attached hydrogens (tertiary/aromatic N) is 1. The summed E-state index contributed by atoms with van der Waals surface area (Å²) >= 11 is 7.71. The van der Waals surface area contributed by atoms with E-state index in [1.54, 1.807) is 53.8 Å². The number of amides is 2. The summed E-state index contributed by atoms with van der Waals surface area (Å²) in [5.74, 6) is -0.0833. The first-order valence-electron chi connectivity index (χ1n) is 8.43. The van der Waals surface area contributed by atoms with Crippen LogP contribution >= 0.6 is 22.9 Å². The monoisotopic (exact) mass is 415 g/mol. The summed E-state index contributed by atoms with van der Waals surface area (Å²) in [7, 11) is 0. The Morgan fingerprint density at radius 2 is 1.96 bits per heavy atom. The number of anilines is 2. The van der Waals surface area contributed by atoms with Crippen LogP contribution in [0.5, 0.6) is 5.75 Å². The smallest absolute Gasteiger partial charge is 0.259 e. The van der Waals surface area contributed by atoms with Crippen LogP contribution < -0.4 is 15.4 Å². The summed E-state index contributed by atoms with van der Waals surface area (Å²) in [6.45, 7) is 3.61. The van der Waals surface area contributed by atoms with E-state index in [0.29, 0.717) is 27.7 Å². The molecule has 0 radical (unpaired) electrons. The quantitative estimate of drug-likeness (QED) is 0.600. The molecular formula is C20H18ClN3O3S. The summed E-state index contributed by atoms with van der Waals surface area (Å²) in [5, 5.41) is 8.63. The van der Waals surface area contributed by atoms with Crippen LogP contribution in [0.4, 0.5) is 11.4 Å². The normalized spacial score (nSPS) is 10.4. The van der Waals surface area contributed by atoms with Gasteiger partial charge < -0.3 is 15.4 Å². The fourth-order valence-corrected chi connectivity index (χ4v) is 3.31. The van der Waals surface area contributed by atoms with E-state index in [1.807, 2.05) is 12.3 Å². The van der Waals surface area contributed by atoms with Crippen LogP contribution in [0.25, 0.3) is 0 Å². The van der Waals surface area contributed by atoms with Crippen molar-refractivity contribution in [3.05, 3.63) is 69.1 Å². The maximum atomic E-state index is 12.7. The third kappa shape index (κ3) is 5.09. The number of aromatic nitrogens is 1. The lowest BCUT2D eigenvalue weighted by molar-refractivity contribution is -0.114. The van der Waals surface area contributed by atoms with Crippen molar-refractivity contribution in [3.63, 3.8) is 0 Å². The van der Waals surface area contributed by atoms with Crippen molar-refractivity contribution in [2.24, 2.45) is 0 Å². The molecule has 0 saturated carbocycles. The molecule has 0 aliphatic carbocycles. The number of rotatable bonds is 6. The van der Waals surface area contributed by atoms with Gasteiger partial charge in [0.2, 0.25) is 5.91 Å². The second kappa shape index (κ2) is 8.86. The van der Waals surface area contributed by atoms with E-state index in [0.717, 1.165) is 10.7 Å². The zero-order valence-electron chi connectivity index (χ0n) is 15.3. The summed E-state index contributed by atoms with van der Waals surface area (Å²) in [6.07, 6.45) is 0. The number of hydrogen-bond acceptors (Lipinski definition) is 5. The Balaban J connectivity index is 1.72. The number of halogens is 1. The summed E-state index contributed by atoms with van der Waals surface area (Å²) in [5.41, 5.74) is 2.21. The Labute approximate surface area is 171 Å². The van der Waals surface area contributed by atoms with Crippen molar-refractivity contribution in [2.75, 3.05) is 10.6 Å². The van der Waals surface area contributed by atoms with Crippen LogP contribution in [0.3, 0.4) is 0 Å². The molecule has 2 amide bonds. The zero-order chi connectivity index (χ0) is 20.1. The van der Waals surface area contributed by atoms with Gasteiger partial charge in [-0.3, -0.25) is 9.59 Å². The SMILES string of the molecule is CC(=O)Nc1ccc(NC(=O)c2ccccc2OCc2csc(C)n2)cc1Cl. The number of nitrogens with one attached hydrogen (secondary N) is 2. The maximum absolute atomic E-state index is 12.7. The zero-order valence-corrected chi connectivity index (χ0v) is 16.9. The lowest BCUT2D eigenvalue weighted by atomic mass is 10.1. The number of carbonyl (C=O) groups excluding carboxylic acids is 2. The molecule has 0 saturated heterocycles. The molecule has 3 rings (SSSR count). The predicted octanol–water partition coefficient (Wildman–Crippen LogP) is 4.89. The first-order chi connectivity index (χ1) is 13.4. The van der Waals surface area contributed by atoms with Gasteiger partial charge in [0.05, 0.1) is 27.0 Å². The first-order valence-corrected chi connectivity index (χ1v) is 9.69. The molecule has 0 spiro atoms.